The minimum Gasteiger partial charge on any atom is -0.395 e. The van der Waals surface area contributed by atoms with Crippen molar-refractivity contribution in [1.29, 1.82) is 0 Å². The minimum absolute atomic E-state index is 0.0524. The third kappa shape index (κ3) is 4.48. The van der Waals surface area contributed by atoms with Crippen molar-refractivity contribution in [3.8, 4) is 11.8 Å². The van der Waals surface area contributed by atoms with Crippen LogP contribution < -0.4 is 5.32 Å². The Morgan fingerprint density at radius 3 is 2.67 bits per heavy atom. The molecular weight excluding hydrogens is 262 g/mol. The van der Waals surface area contributed by atoms with Gasteiger partial charge in [0.2, 0.25) is 0 Å². The van der Waals surface area contributed by atoms with Gasteiger partial charge in [0.05, 0.1) is 6.61 Å². The number of hydrogen-bond acceptors (Lipinski definition) is 2. The van der Waals surface area contributed by atoms with E-state index in [-0.39, 0.29) is 12.5 Å². The number of aryl methyl sites for hydroxylation is 1. The number of amides is 1. The van der Waals surface area contributed by atoms with Gasteiger partial charge >= 0.3 is 0 Å². The fraction of sp³-hybridized carbons (Fsp3) is 0.167. The number of aliphatic hydroxyl groups excluding tert-OH is 1. The van der Waals surface area contributed by atoms with Crippen LogP contribution in [0.1, 0.15) is 27.9 Å². The fourth-order valence-electron chi connectivity index (χ4n) is 1.80. The molecule has 2 aromatic rings. The molecule has 0 heterocycles. The summed E-state index contributed by atoms with van der Waals surface area (Å²) in [6.07, 6.45) is 0.444. The second-order valence-electron chi connectivity index (χ2n) is 4.68. The largest absolute Gasteiger partial charge is 0.395 e. The molecule has 0 radical (unpaired) electrons. The van der Waals surface area contributed by atoms with Crippen molar-refractivity contribution >= 4 is 11.6 Å². The van der Waals surface area contributed by atoms with E-state index < -0.39 is 0 Å². The lowest BCUT2D eigenvalue weighted by molar-refractivity contribution is 0.102. The van der Waals surface area contributed by atoms with E-state index in [1.807, 2.05) is 43.3 Å². The number of aliphatic hydroxyl groups is 1. The molecule has 3 heteroatoms. The Kier molecular flexibility index (Phi) is 5.14. The Bertz CT molecular complexity index is 678. The molecule has 0 unspecified atom stereocenters. The Hall–Kier alpha value is -2.57. The van der Waals surface area contributed by atoms with Gasteiger partial charge in [0.15, 0.2) is 0 Å². The van der Waals surface area contributed by atoms with Crippen LogP contribution in [0.5, 0.6) is 0 Å². The maximum atomic E-state index is 12.1. The molecule has 0 aliphatic rings. The predicted molar refractivity (Wildman–Crippen MR) is 84.2 cm³/mol. The van der Waals surface area contributed by atoms with Gasteiger partial charge in [-0.3, -0.25) is 4.79 Å². The van der Waals surface area contributed by atoms with Gasteiger partial charge < -0.3 is 10.4 Å². The molecule has 0 bridgehead atoms. The average Bonchev–Trinajstić information content (AvgIpc) is 2.48. The maximum Gasteiger partial charge on any atom is 0.255 e. The first kappa shape index (κ1) is 14.8. The van der Waals surface area contributed by atoms with E-state index >= 15 is 0 Å². The molecule has 2 N–H and O–H groups in total. The number of carbonyl (C=O) groups excluding carboxylic acids is 1. The van der Waals surface area contributed by atoms with Gasteiger partial charge in [-0.05, 0) is 37.3 Å². The van der Waals surface area contributed by atoms with Gasteiger partial charge in [-0.15, -0.1) is 0 Å². The van der Waals surface area contributed by atoms with E-state index in [1.54, 1.807) is 12.1 Å². The predicted octanol–water partition coefficient (Wildman–Crippen LogP) is 2.98. The number of anilines is 1. The molecule has 21 heavy (non-hydrogen) atoms. The van der Waals surface area contributed by atoms with Crippen LogP contribution in [0, 0.1) is 18.8 Å². The molecule has 0 atom stereocenters. The summed E-state index contributed by atoms with van der Waals surface area (Å²) < 4.78 is 0. The summed E-state index contributed by atoms with van der Waals surface area (Å²) in [6, 6.07) is 14.8. The standard InChI is InChI=1S/C18H17NO2/c1-14-8-10-16(11-9-14)18(21)19-17-7-4-6-15(13-17)5-2-3-12-20/h4,6-11,13,20H,3,12H2,1H3,(H,19,21). The van der Waals surface area contributed by atoms with Crippen LogP contribution in [-0.4, -0.2) is 17.6 Å². The Morgan fingerprint density at radius 1 is 1.19 bits per heavy atom. The fourth-order valence-corrected chi connectivity index (χ4v) is 1.80. The quantitative estimate of drug-likeness (QED) is 0.849. The van der Waals surface area contributed by atoms with Crippen LogP contribution in [0.15, 0.2) is 48.5 Å². The zero-order valence-electron chi connectivity index (χ0n) is 11.9. The van der Waals surface area contributed by atoms with Gasteiger partial charge in [-0.1, -0.05) is 35.6 Å². The summed E-state index contributed by atoms with van der Waals surface area (Å²) in [5.74, 6) is 5.66. The van der Waals surface area contributed by atoms with Crippen molar-refractivity contribution in [3.63, 3.8) is 0 Å². The van der Waals surface area contributed by atoms with Crippen molar-refractivity contribution in [1.82, 2.24) is 0 Å². The highest BCUT2D eigenvalue weighted by atomic mass is 16.2. The number of nitrogens with one attached hydrogen (secondary N) is 1. The van der Waals surface area contributed by atoms with Crippen molar-refractivity contribution < 1.29 is 9.90 Å². The number of benzene rings is 2. The van der Waals surface area contributed by atoms with E-state index in [2.05, 4.69) is 17.2 Å². The highest BCUT2D eigenvalue weighted by molar-refractivity contribution is 6.04. The first-order valence-electron chi connectivity index (χ1n) is 6.77. The number of rotatable bonds is 3. The summed E-state index contributed by atoms with van der Waals surface area (Å²) in [6.45, 7) is 2.03. The number of carbonyl (C=O) groups is 1. The third-order valence-electron chi connectivity index (χ3n) is 2.90. The van der Waals surface area contributed by atoms with Crippen LogP contribution in [0.2, 0.25) is 0 Å². The van der Waals surface area contributed by atoms with Crippen LogP contribution in [-0.2, 0) is 0 Å². The van der Waals surface area contributed by atoms with E-state index in [0.29, 0.717) is 17.7 Å². The average molecular weight is 279 g/mol. The zero-order valence-corrected chi connectivity index (χ0v) is 11.9. The molecule has 0 aliphatic carbocycles. The van der Waals surface area contributed by atoms with Gasteiger partial charge in [0.1, 0.15) is 0 Å². The van der Waals surface area contributed by atoms with E-state index in [4.69, 9.17) is 5.11 Å². The summed E-state index contributed by atoms with van der Waals surface area (Å²) in [5, 5.41) is 11.6. The Morgan fingerprint density at radius 2 is 1.95 bits per heavy atom. The maximum absolute atomic E-state index is 12.1. The van der Waals surface area contributed by atoms with Crippen LogP contribution in [0.3, 0.4) is 0 Å². The van der Waals surface area contributed by atoms with E-state index in [1.165, 1.54) is 0 Å². The smallest absolute Gasteiger partial charge is 0.255 e. The molecule has 2 aromatic carbocycles. The van der Waals surface area contributed by atoms with Crippen molar-refractivity contribution in [2.24, 2.45) is 0 Å². The molecule has 106 valence electrons. The lowest BCUT2D eigenvalue weighted by Gasteiger charge is -2.06. The second kappa shape index (κ2) is 7.28. The van der Waals surface area contributed by atoms with Crippen molar-refractivity contribution in [3.05, 3.63) is 65.2 Å². The van der Waals surface area contributed by atoms with Crippen molar-refractivity contribution in [2.75, 3.05) is 11.9 Å². The summed E-state index contributed by atoms with van der Waals surface area (Å²) in [5.41, 5.74) is 3.26. The van der Waals surface area contributed by atoms with Gasteiger partial charge in [-0.2, -0.15) is 0 Å². The lowest BCUT2D eigenvalue weighted by Crippen LogP contribution is -2.11. The summed E-state index contributed by atoms with van der Waals surface area (Å²) >= 11 is 0. The van der Waals surface area contributed by atoms with E-state index in [9.17, 15) is 4.79 Å². The first-order chi connectivity index (χ1) is 10.2. The normalized spacial score (nSPS) is 9.62. The summed E-state index contributed by atoms with van der Waals surface area (Å²) in [4.78, 5) is 12.1. The lowest BCUT2D eigenvalue weighted by atomic mass is 10.1. The Labute approximate surface area is 124 Å². The Balaban J connectivity index is 2.09. The molecule has 0 aromatic heterocycles. The van der Waals surface area contributed by atoms with Crippen LogP contribution >= 0.6 is 0 Å². The van der Waals surface area contributed by atoms with Gasteiger partial charge in [0.25, 0.3) is 5.91 Å². The van der Waals surface area contributed by atoms with Crippen molar-refractivity contribution in [2.45, 2.75) is 13.3 Å². The van der Waals surface area contributed by atoms with Crippen LogP contribution in [0.4, 0.5) is 5.69 Å². The molecule has 0 fully saturated rings. The zero-order chi connectivity index (χ0) is 15.1. The number of hydrogen-bond donors (Lipinski definition) is 2. The first-order valence-corrected chi connectivity index (χ1v) is 6.77. The topological polar surface area (TPSA) is 49.3 Å². The molecule has 0 aliphatic heterocycles. The van der Waals surface area contributed by atoms with Crippen LogP contribution in [0.25, 0.3) is 0 Å². The van der Waals surface area contributed by atoms with Gasteiger partial charge in [-0.25, -0.2) is 0 Å². The monoisotopic (exact) mass is 279 g/mol. The molecule has 3 nitrogen and oxygen atoms in total. The highest BCUT2D eigenvalue weighted by Crippen LogP contribution is 2.12. The second-order valence-corrected chi connectivity index (χ2v) is 4.68. The molecule has 1 amide bonds. The molecule has 0 saturated carbocycles. The summed E-state index contributed by atoms with van der Waals surface area (Å²) in [7, 11) is 0. The molecule has 2 rings (SSSR count). The molecular formula is C18H17NO2. The molecule has 0 spiro atoms. The minimum atomic E-state index is -0.143. The SMILES string of the molecule is Cc1ccc(C(=O)Nc2cccc(C#CCCO)c2)cc1. The molecule has 0 saturated heterocycles. The highest BCUT2D eigenvalue weighted by Gasteiger charge is 2.05. The third-order valence-corrected chi connectivity index (χ3v) is 2.90. The van der Waals surface area contributed by atoms with Gasteiger partial charge in [0, 0.05) is 23.2 Å². The van der Waals surface area contributed by atoms with E-state index in [0.717, 1.165) is 11.1 Å².